The highest BCUT2D eigenvalue weighted by molar-refractivity contribution is 7.81. The molecule has 1 aliphatic rings. The molecule has 1 aromatic heterocycles. The van der Waals surface area contributed by atoms with E-state index in [9.17, 15) is 15.3 Å². The average molecular weight is 1620 g/mol. The van der Waals surface area contributed by atoms with Crippen LogP contribution in [0.3, 0.4) is 0 Å². The van der Waals surface area contributed by atoms with Gasteiger partial charge >= 0.3 is 0 Å². The zero-order valence-electron chi connectivity index (χ0n) is 67.0. The number of benzene rings is 20. The number of nitrogens with zero attached hydrogens (tertiary/aromatic N) is 1. The van der Waals surface area contributed by atoms with Crippen LogP contribution in [-0.4, -0.2) is 26.8 Å². The number of aromatic hydroxyl groups is 3. The first kappa shape index (κ1) is 77.9. The van der Waals surface area contributed by atoms with Gasteiger partial charge in [0, 0.05) is 40.4 Å². The fourth-order valence-electron chi connectivity index (χ4n) is 17.6. The minimum Gasteiger partial charge on any atom is -0.508 e. The van der Waals surface area contributed by atoms with Crippen LogP contribution in [0.15, 0.2) is 461 Å². The topological polar surface area (TPSA) is 85.6 Å². The van der Waals surface area contributed by atoms with Gasteiger partial charge in [-0.25, -0.2) is 0 Å². The smallest absolute Gasteiger partial charge is 0.124 e. The Kier molecular flexibility index (Phi) is 22.9. The minimum atomic E-state index is -0.852. The van der Waals surface area contributed by atoms with Crippen molar-refractivity contribution >= 4 is 147 Å². The molecular weight excluding hydrogens is 1540 g/mol. The van der Waals surface area contributed by atoms with Crippen LogP contribution in [0.25, 0.3) is 109 Å². The maximum Gasteiger partial charge on any atom is 0.124 e. The molecule has 22 rings (SSSR count). The average Bonchev–Trinajstić information content (AvgIpc) is 0.747. The van der Waals surface area contributed by atoms with Crippen LogP contribution < -0.4 is 53.1 Å². The van der Waals surface area contributed by atoms with Crippen LogP contribution in [0, 0.1) is 0 Å². The molecule has 2 heterocycles. The van der Waals surface area contributed by atoms with E-state index in [1.165, 1.54) is 119 Å². The van der Waals surface area contributed by atoms with Gasteiger partial charge in [0.15, 0.2) is 0 Å². The molecule has 584 valence electrons. The zero-order valence-corrected chi connectivity index (χ0v) is 69.7. The summed E-state index contributed by atoms with van der Waals surface area (Å²) in [6, 6.07) is 161. The standard InChI is InChI=1S/C44H32P2.C31H22NP.C20H14O2.C19H17NO/c1-5-19-35(20-6-1)45(36-21-7-2-8-22-36)41-31-29-33-17-13-15-27-39(33)43(41)44-40-28-16-14-18-34(40)30-32-42(44)46(37-23-9-3-10-24-37)38-25-11-4-12-26-38;1-3-13-25(14-4-1)33(26-15-5-2-6-16-26)29-20-19-23-11-7-9-17-27(23)30(29)31-28-18-10-8-12-24(28)21-22-32-31;21-17-11-9-13-5-1-3-7-15(13)19(17)20-16-8-4-2-6-14(16)10-12-18(20)22;21-17-10-9-13-5-1-3-7-15(13)18(17)19-16-8-4-2-6-14(16)11-12-20-19/h1-32H;1-22H;1-12,21-22H;1-10,19-21H,11-12H2. The first-order chi connectivity index (χ1) is 60.4. The van der Waals surface area contributed by atoms with Gasteiger partial charge in [0.2, 0.25) is 0 Å². The lowest BCUT2D eigenvalue weighted by atomic mass is 9.87. The lowest BCUT2D eigenvalue weighted by molar-refractivity contribution is 0.456. The Morgan fingerprint density at radius 2 is 0.500 bits per heavy atom. The molecule has 8 heteroatoms. The molecule has 1 atom stereocenters. The fraction of sp³-hybridized carbons (Fsp3) is 0.0263. The third kappa shape index (κ3) is 15.8. The summed E-state index contributed by atoms with van der Waals surface area (Å²) in [6.07, 6.45) is 2.98. The Balaban J connectivity index is 0.000000113. The number of hydrogen-bond donors (Lipinski definition) is 4. The summed E-state index contributed by atoms with van der Waals surface area (Å²) < 4.78 is 0. The van der Waals surface area contributed by atoms with Crippen molar-refractivity contribution in [2.45, 2.75) is 12.5 Å². The molecule has 0 aliphatic carbocycles. The van der Waals surface area contributed by atoms with Crippen molar-refractivity contribution in [1.82, 2.24) is 10.3 Å². The predicted molar refractivity (Wildman–Crippen MR) is 524 cm³/mol. The van der Waals surface area contributed by atoms with Gasteiger partial charge in [-0.3, -0.25) is 4.98 Å². The number of nitrogens with one attached hydrogen (secondary N) is 1. The largest absolute Gasteiger partial charge is 0.508 e. The van der Waals surface area contributed by atoms with Gasteiger partial charge in [-0.15, -0.1) is 0 Å². The molecule has 0 amide bonds. The molecule has 21 aromatic rings. The summed E-state index contributed by atoms with van der Waals surface area (Å²) in [5.41, 5.74) is 9.97. The minimum absolute atomic E-state index is 0.0565. The summed E-state index contributed by atoms with van der Waals surface area (Å²) >= 11 is 0. The second-order valence-electron chi connectivity index (χ2n) is 30.4. The molecule has 0 spiro atoms. The monoisotopic (exact) mass is 1620 g/mol. The number of pyridine rings is 1. The van der Waals surface area contributed by atoms with E-state index < -0.39 is 23.8 Å². The van der Waals surface area contributed by atoms with Crippen LogP contribution >= 0.6 is 23.8 Å². The number of rotatable bonds is 13. The Bertz CT molecular complexity index is 6940. The Morgan fingerprint density at radius 1 is 0.230 bits per heavy atom. The van der Waals surface area contributed by atoms with Gasteiger partial charge in [0.25, 0.3) is 0 Å². The quantitative estimate of drug-likeness (QED) is 0.0865. The first-order valence-corrected chi connectivity index (χ1v) is 45.4. The van der Waals surface area contributed by atoms with Crippen LogP contribution in [0.1, 0.15) is 22.7 Å². The molecule has 5 nitrogen and oxygen atoms in total. The number of aromatic nitrogens is 1. The third-order valence-electron chi connectivity index (χ3n) is 23.1. The lowest BCUT2D eigenvalue weighted by Crippen LogP contribution is -2.30. The highest BCUT2D eigenvalue weighted by atomic mass is 31.1. The van der Waals surface area contributed by atoms with E-state index in [1.807, 2.05) is 85.1 Å². The number of fused-ring (bicyclic) bond motifs is 8. The van der Waals surface area contributed by atoms with Gasteiger partial charge in [-0.05, 0) is 194 Å². The molecule has 0 fully saturated rings. The lowest BCUT2D eigenvalue weighted by Gasteiger charge is -2.28. The second-order valence-corrected chi connectivity index (χ2v) is 36.9. The van der Waals surface area contributed by atoms with Crippen LogP contribution in [0.4, 0.5) is 0 Å². The molecular formula is C114H85N2O3P3. The molecule has 20 aromatic carbocycles. The Morgan fingerprint density at radius 3 is 0.877 bits per heavy atom. The zero-order chi connectivity index (χ0) is 82.1. The highest BCUT2D eigenvalue weighted by Crippen LogP contribution is 2.49. The Labute approximate surface area is 715 Å². The van der Waals surface area contributed by atoms with E-state index in [0.717, 1.165) is 56.5 Å². The fourth-order valence-corrected chi connectivity index (χ4v) is 25.0. The predicted octanol–water partition coefficient (Wildman–Crippen LogP) is 24.8. The molecule has 122 heavy (non-hydrogen) atoms. The van der Waals surface area contributed by atoms with E-state index in [1.54, 1.807) is 18.2 Å². The summed E-state index contributed by atoms with van der Waals surface area (Å²) in [5, 5.41) is 63.3. The molecule has 0 radical (unpaired) electrons. The second kappa shape index (κ2) is 35.9. The summed E-state index contributed by atoms with van der Waals surface area (Å²) in [5.74, 6) is 0.707. The van der Waals surface area contributed by atoms with Gasteiger partial charge in [0.1, 0.15) is 17.2 Å². The number of phenolic OH excluding ortho intramolecular Hbond substituents is 3. The summed E-state index contributed by atoms with van der Waals surface area (Å²) in [6.45, 7) is 0.935. The van der Waals surface area contributed by atoms with Crippen LogP contribution in [-0.2, 0) is 6.42 Å². The first-order valence-electron chi connectivity index (χ1n) is 41.4. The molecule has 4 N–H and O–H groups in total. The van der Waals surface area contributed by atoms with Gasteiger partial charge in [-0.2, -0.15) is 0 Å². The molecule has 0 bridgehead atoms. The molecule has 0 saturated heterocycles. The van der Waals surface area contributed by atoms with Crippen LogP contribution in [0.5, 0.6) is 17.2 Å². The van der Waals surface area contributed by atoms with E-state index in [4.69, 9.17) is 4.98 Å². The van der Waals surface area contributed by atoms with Gasteiger partial charge < -0.3 is 20.6 Å². The van der Waals surface area contributed by atoms with Crippen molar-refractivity contribution in [3.05, 3.63) is 478 Å². The maximum absolute atomic E-state index is 10.4. The van der Waals surface area contributed by atoms with Crippen molar-refractivity contribution in [1.29, 1.82) is 0 Å². The highest BCUT2D eigenvalue weighted by Gasteiger charge is 2.31. The van der Waals surface area contributed by atoms with Gasteiger partial charge in [-0.1, -0.05) is 431 Å². The van der Waals surface area contributed by atoms with E-state index in [2.05, 4.69) is 363 Å². The van der Waals surface area contributed by atoms with E-state index in [-0.39, 0.29) is 17.5 Å². The van der Waals surface area contributed by atoms with E-state index in [0.29, 0.717) is 16.9 Å². The molecule has 1 aliphatic heterocycles. The summed E-state index contributed by atoms with van der Waals surface area (Å²) in [7, 11) is -2.46. The molecule has 1 unspecified atom stereocenters. The number of phenols is 3. The van der Waals surface area contributed by atoms with Crippen LogP contribution in [0.2, 0.25) is 0 Å². The normalized spacial score (nSPS) is 12.4. The Hall–Kier alpha value is -14.0. The summed E-state index contributed by atoms with van der Waals surface area (Å²) in [4.78, 5) is 4.97. The van der Waals surface area contributed by atoms with Crippen molar-refractivity contribution in [3.8, 4) is 50.8 Å². The van der Waals surface area contributed by atoms with Crippen molar-refractivity contribution < 1.29 is 15.3 Å². The maximum atomic E-state index is 10.4. The van der Waals surface area contributed by atoms with Crippen molar-refractivity contribution in [2.24, 2.45) is 0 Å². The van der Waals surface area contributed by atoms with E-state index >= 15 is 0 Å². The van der Waals surface area contributed by atoms with Gasteiger partial charge in [0.05, 0.1) is 11.7 Å². The third-order valence-corrected chi connectivity index (χ3v) is 30.6. The van der Waals surface area contributed by atoms with Crippen molar-refractivity contribution in [2.75, 3.05) is 6.54 Å². The van der Waals surface area contributed by atoms with Crippen molar-refractivity contribution in [3.63, 3.8) is 0 Å². The number of hydrogen-bond acceptors (Lipinski definition) is 5. The SMILES string of the molecule is Oc1ccc2ccccc2c1-c1c(O)ccc2ccccc12.Oc1ccc2ccccc2c1C1NCCc2ccccc21.c1ccc(P(c2ccccc2)c2ccc3ccccc3c2-c2c(P(c3ccccc3)c3ccccc3)ccc3ccccc23)cc1.c1ccc(P(c2ccccc2)c2ccc3ccccc3c2-c2nccc3ccccc23)cc1. The molecule has 0 saturated carbocycles.